The lowest BCUT2D eigenvalue weighted by molar-refractivity contribution is 0.599. The van der Waals surface area contributed by atoms with Crippen LogP contribution in [-0.2, 0) is 9.84 Å². The van der Waals surface area contributed by atoms with Gasteiger partial charge in [0.15, 0.2) is 9.84 Å². The maximum atomic E-state index is 13.5. The van der Waals surface area contributed by atoms with Gasteiger partial charge in [-0.15, -0.1) is 0 Å². The summed E-state index contributed by atoms with van der Waals surface area (Å²) < 4.78 is 37.4. The number of sulfone groups is 1. The maximum Gasteiger partial charge on any atom is 0.191 e. The van der Waals surface area contributed by atoms with Crippen LogP contribution in [0.15, 0.2) is 53.6 Å². The van der Waals surface area contributed by atoms with E-state index >= 15 is 0 Å². The molecule has 3 aromatic rings. The standard InChI is InChI=1S/C15H12FNO2S/c1-20(18,19)15-14(10-5-3-2-4-6-10)12-9-11(16)7-8-13(12)17-15/h2-9,17H,1H3. The molecule has 102 valence electrons. The van der Waals surface area contributed by atoms with Crippen molar-refractivity contribution >= 4 is 20.7 Å². The second-order valence-corrected chi connectivity index (χ2v) is 6.61. The highest BCUT2D eigenvalue weighted by Crippen LogP contribution is 2.35. The molecule has 0 atom stereocenters. The number of benzene rings is 2. The fourth-order valence-electron chi connectivity index (χ4n) is 2.31. The van der Waals surface area contributed by atoms with Gasteiger partial charge in [-0.3, -0.25) is 0 Å². The van der Waals surface area contributed by atoms with Crippen LogP contribution in [0.2, 0.25) is 0 Å². The van der Waals surface area contributed by atoms with Gasteiger partial charge in [-0.05, 0) is 23.8 Å². The normalized spacial score (nSPS) is 11.9. The van der Waals surface area contributed by atoms with E-state index in [1.807, 2.05) is 30.3 Å². The predicted octanol–water partition coefficient (Wildman–Crippen LogP) is 3.38. The van der Waals surface area contributed by atoms with E-state index in [1.54, 1.807) is 6.07 Å². The van der Waals surface area contributed by atoms with Crippen molar-refractivity contribution in [2.45, 2.75) is 5.03 Å². The largest absolute Gasteiger partial charge is 0.345 e. The van der Waals surface area contributed by atoms with Crippen molar-refractivity contribution < 1.29 is 12.8 Å². The summed E-state index contributed by atoms with van der Waals surface area (Å²) in [5, 5.41) is 0.681. The van der Waals surface area contributed by atoms with E-state index in [4.69, 9.17) is 0 Å². The van der Waals surface area contributed by atoms with Crippen LogP contribution in [0.4, 0.5) is 4.39 Å². The van der Waals surface area contributed by atoms with E-state index in [1.165, 1.54) is 12.1 Å². The Bertz CT molecular complexity index is 883. The zero-order valence-corrected chi connectivity index (χ0v) is 11.5. The first-order valence-electron chi connectivity index (χ1n) is 6.03. The van der Waals surface area contributed by atoms with Crippen LogP contribution in [-0.4, -0.2) is 19.7 Å². The number of H-pyrrole nitrogens is 1. The third-order valence-electron chi connectivity index (χ3n) is 3.16. The number of aromatic amines is 1. The summed E-state index contributed by atoms with van der Waals surface area (Å²) in [5.74, 6) is -0.395. The van der Waals surface area contributed by atoms with Crippen molar-refractivity contribution in [3.63, 3.8) is 0 Å². The second kappa shape index (κ2) is 4.45. The van der Waals surface area contributed by atoms with Crippen molar-refractivity contribution in [1.82, 2.24) is 4.98 Å². The Balaban J connectivity index is 2.46. The molecular formula is C15H12FNO2S. The highest BCUT2D eigenvalue weighted by atomic mass is 32.2. The molecule has 20 heavy (non-hydrogen) atoms. The molecule has 3 nitrogen and oxygen atoms in total. The molecule has 5 heteroatoms. The summed E-state index contributed by atoms with van der Waals surface area (Å²) in [4.78, 5) is 2.88. The van der Waals surface area contributed by atoms with Crippen molar-refractivity contribution in [2.75, 3.05) is 6.26 Å². The average molecular weight is 289 g/mol. The maximum absolute atomic E-state index is 13.5. The summed E-state index contributed by atoms with van der Waals surface area (Å²) >= 11 is 0. The van der Waals surface area contributed by atoms with Crippen LogP contribution in [0.25, 0.3) is 22.0 Å². The Hall–Kier alpha value is -2.14. The smallest absolute Gasteiger partial charge is 0.191 e. The van der Waals surface area contributed by atoms with Gasteiger partial charge in [0.1, 0.15) is 10.8 Å². The number of halogens is 1. The predicted molar refractivity (Wildman–Crippen MR) is 76.8 cm³/mol. The van der Waals surface area contributed by atoms with Gasteiger partial charge in [0.25, 0.3) is 0 Å². The first-order chi connectivity index (χ1) is 9.47. The highest BCUT2D eigenvalue weighted by molar-refractivity contribution is 7.90. The quantitative estimate of drug-likeness (QED) is 0.786. The second-order valence-electron chi connectivity index (χ2n) is 4.66. The van der Waals surface area contributed by atoms with E-state index in [0.717, 1.165) is 11.8 Å². The number of rotatable bonds is 2. The third-order valence-corrected chi connectivity index (χ3v) is 4.21. The molecule has 3 rings (SSSR count). The first-order valence-corrected chi connectivity index (χ1v) is 7.92. The first kappa shape index (κ1) is 12.9. The molecule has 0 bridgehead atoms. The van der Waals surface area contributed by atoms with Crippen molar-refractivity contribution in [3.8, 4) is 11.1 Å². The van der Waals surface area contributed by atoms with Crippen LogP contribution < -0.4 is 0 Å². The number of nitrogens with one attached hydrogen (secondary N) is 1. The van der Waals surface area contributed by atoms with E-state index in [2.05, 4.69) is 4.98 Å². The Morgan fingerprint density at radius 2 is 1.75 bits per heavy atom. The molecule has 0 aliphatic carbocycles. The third kappa shape index (κ3) is 2.10. The minimum atomic E-state index is -3.43. The van der Waals surface area contributed by atoms with Crippen LogP contribution in [0, 0.1) is 5.82 Å². The van der Waals surface area contributed by atoms with E-state index in [-0.39, 0.29) is 5.03 Å². The van der Waals surface area contributed by atoms with Gasteiger partial charge in [0.05, 0.1) is 0 Å². The molecule has 0 amide bonds. The summed E-state index contributed by atoms with van der Waals surface area (Å²) in [6, 6.07) is 13.3. The molecule has 0 aliphatic heterocycles. The minimum Gasteiger partial charge on any atom is -0.345 e. The number of aromatic nitrogens is 1. The van der Waals surface area contributed by atoms with Crippen molar-refractivity contribution in [1.29, 1.82) is 0 Å². The molecular weight excluding hydrogens is 277 g/mol. The lowest BCUT2D eigenvalue weighted by Crippen LogP contribution is -1.99. The summed E-state index contributed by atoms with van der Waals surface area (Å²) in [6.07, 6.45) is 1.14. The topological polar surface area (TPSA) is 49.9 Å². The zero-order chi connectivity index (χ0) is 14.3. The Kier molecular flexibility index (Phi) is 2.87. The van der Waals surface area contributed by atoms with Crippen LogP contribution in [0.5, 0.6) is 0 Å². The molecule has 1 N–H and O–H groups in total. The van der Waals surface area contributed by atoms with E-state index < -0.39 is 15.7 Å². The van der Waals surface area contributed by atoms with Gasteiger partial charge >= 0.3 is 0 Å². The lowest BCUT2D eigenvalue weighted by Gasteiger charge is -2.03. The summed E-state index contributed by atoms with van der Waals surface area (Å²) in [5.41, 5.74) is 1.86. The van der Waals surface area contributed by atoms with Gasteiger partial charge in [0.2, 0.25) is 0 Å². The molecule has 0 unspecified atom stereocenters. The molecule has 0 fully saturated rings. The van der Waals surface area contributed by atoms with Crippen molar-refractivity contribution in [3.05, 3.63) is 54.3 Å². The number of hydrogen-bond acceptors (Lipinski definition) is 2. The molecule has 1 aromatic heterocycles. The summed E-state index contributed by atoms with van der Waals surface area (Å²) in [6.45, 7) is 0. The monoisotopic (exact) mass is 289 g/mol. The van der Waals surface area contributed by atoms with Gasteiger partial charge in [-0.1, -0.05) is 30.3 Å². The molecule has 2 aromatic carbocycles. The lowest BCUT2D eigenvalue weighted by atomic mass is 10.0. The number of fused-ring (bicyclic) bond motifs is 1. The van der Waals surface area contributed by atoms with E-state index in [9.17, 15) is 12.8 Å². The van der Waals surface area contributed by atoms with Gasteiger partial charge in [0, 0.05) is 22.7 Å². The fourth-order valence-corrected chi connectivity index (χ4v) is 3.20. The van der Waals surface area contributed by atoms with Gasteiger partial charge in [-0.2, -0.15) is 0 Å². The Labute approximate surface area is 116 Å². The Morgan fingerprint density at radius 3 is 2.40 bits per heavy atom. The SMILES string of the molecule is CS(=O)(=O)c1[nH]c2ccc(F)cc2c1-c1ccccc1. The Morgan fingerprint density at radius 1 is 1.05 bits per heavy atom. The molecule has 0 saturated heterocycles. The van der Waals surface area contributed by atoms with Crippen LogP contribution in [0.3, 0.4) is 0 Å². The zero-order valence-electron chi connectivity index (χ0n) is 10.7. The molecule has 0 saturated carbocycles. The van der Waals surface area contributed by atoms with Crippen LogP contribution in [0.1, 0.15) is 0 Å². The molecule has 0 radical (unpaired) electrons. The van der Waals surface area contributed by atoms with Crippen molar-refractivity contribution in [2.24, 2.45) is 0 Å². The molecule has 1 heterocycles. The molecule has 0 spiro atoms. The highest BCUT2D eigenvalue weighted by Gasteiger charge is 2.20. The number of hydrogen-bond donors (Lipinski definition) is 1. The van der Waals surface area contributed by atoms with Gasteiger partial charge < -0.3 is 4.98 Å². The van der Waals surface area contributed by atoms with Crippen LogP contribution >= 0.6 is 0 Å². The molecule has 0 aliphatic rings. The minimum absolute atomic E-state index is 0.115. The van der Waals surface area contributed by atoms with E-state index in [0.29, 0.717) is 16.5 Å². The summed E-state index contributed by atoms with van der Waals surface area (Å²) in [7, 11) is -3.43. The average Bonchev–Trinajstić information content (AvgIpc) is 2.78. The van der Waals surface area contributed by atoms with Gasteiger partial charge in [-0.25, -0.2) is 12.8 Å². The fraction of sp³-hybridized carbons (Fsp3) is 0.0667.